The van der Waals surface area contributed by atoms with Crippen molar-refractivity contribution < 1.29 is 9.13 Å². The molecule has 18 heavy (non-hydrogen) atoms. The SMILES string of the molecule is Fc1cc2c(cc1Br)CN=C(N1CCOCC1)N2. The van der Waals surface area contributed by atoms with Crippen LogP contribution in [-0.4, -0.2) is 37.2 Å². The Morgan fingerprint density at radius 3 is 2.89 bits per heavy atom. The smallest absolute Gasteiger partial charge is 0.198 e. The molecule has 6 heteroatoms. The number of benzene rings is 1. The molecule has 0 aromatic heterocycles. The predicted molar refractivity (Wildman–Crippen MR) is 71.3 cm³/mol. The van der Waals surface area contributed by atoms with Crippen LogP contribution in [-0.2, 0) is 11.3 Å². The lowest BCUT2D eigenvalue weighted by Crippen LogP contribution is -2.45. The van der Waals surface area contributed by atoms with Crippen LogP contribution in [0.25, 0.3) is 0 Å². The molecule has 4 nitrogen and oxygen atoms in total. The van der Waals surface area contributed by atoms with E-state index in [1.807, 2.05) is 0 Å². The molecule has 0 radical (unpaired) electrons. The lowest BCUT2D eigenvalue weighted by atomic mass is 10.1. The summed E-state index contributed by atoms with van der Waals surface area (Å²) >= 11 is 3.19. The van der Waals surface area contributed by atoms with Gasteiger partial charge in [0.25, 0.3) is 0 Å². The Morgan fingerprint density at radius 2 is 2.11 bits per heavy atom. The van der Waals surface area contributed by atoms with Crippen molar-refractivity contribution in [3.8, 4) is 0 Å². The van der Waals surface area contributed by atoms with E-state index in [4.69, 9.17) is 4.74 Å². The molecule has 2 heterocycles. The average molecular weight is 314 g/mol. The lowest BCUT2D eigenvalue weighted by Gasteiger charge is -2.32. The largest absolute Gasteiger partial charge is 0.378 e. The molecule has 1 saturated heterocycles. The number of guanidine groups is 1. The molecular weight excluding hydrogens is 301 g/mol. The zero-order valence-electron chi connectivity index (χ0n) is 9.75. The first-order chi connectivity index (χ1) is 8.74. The highest BCUT2D eigenvalue weighted by Gasteiger charge is 2.20. The summed E-state index contributed by atoms with van der Waals surface area (Å²) in [4.78, 5) is 6.63. The van der Waals surface area contributed by atoms with Crippen LogP contribution in [0.1, 0.15) is 5.56 Å². The molecule has 1 aromatic rings. The van der Waals surface area contributed by atoms with E-state index in [9.17, 15) is 4.39 Å². The van der Waals surface area contributed by atoms with Crippen LogP contribution in [0.3, 0.4) is 0 Å². The first kappa shape index (κ1) is 11.9. The average Bonchev–Trinajstić information content (AvgIpc) is 2.41. The maximum atomic E-state index is 13.5. The van der Waals surface area contributed by atoms with Gasteiger partial charge in [0, 0.05) is 18.8 Å². The second-order valence-electron chi connectivity index (χ2n) is 4.29. The van der Waals surface area contributed by atoms with Gasteiger partial charge in [-0.3, -0.25) is 0 Å². The molecule has 0 spiro atoms. The highest BCUT2D eigenvalue weighted by Crippen LogP contribution is 2.27. The Bertz CT molecular complexity index is 500. The number of aliphatic imine (C=N–C) groups is 1. The van der Waals surface area contributed by atoms with Gasteiger partial charge < -0.3 is 15.0 Å². The number of morpholine rings is 1. The van der Waals surface area contributed by atoms with Gasteiger partial charge in [-0.2, -0.15) is 0 Å². The van der Waals surface area contributed by atoms with Crippen LogP contribution in [0.4, 0.5) is 10.1 Å². The number of fused-ring (bicyclic) bond motifs is 1. The molecule has 96 valence electrons. The van der Waals surface area contributed by atoms with Crippen LogP contribution < -0.4 is 5.32 Å². The van der Waals surface area contributed by atoms with Gasteiger partial charge in [-0.1, -0.05) is 0 Å². The zero-order chi connectivity index (χ0) is 12.5. The summed E-state index contributed by atoms with van der Waals surface area (Å²) in [6.07, 6.45) is 0. The van der Waals surface area contributed by atoms with Crippen molar-refractivity contribution in [2.24, 2.45) is 4.99 Å². The molecule has 2 aliphatic heterocycles. The second-order valence-corrected chi connectivity index (χ2v) is 5.14. The standard InChI is InChI=1S/C12H13BrFN3O/c13-9-5-8-7-15-12(16-11(8)6-10(9)14)17-1-3-18-4-2-17/h5-6H,1-4,7H2,(H,15,16). The fraction of sp³-hybridized carbons (Fsp3) is 0.417. The minimum Gasteiger partial charge on any atom is -0.378 e. The number of ether oxygens (including phenoxy) is 1. The van der Waals surface area contributed by atoms with Crippen LogP contribution in [0.5, 0.6) is 0 Å². The van der Waals surface area contributed by atoms with Crippen LogP contribution >= 0.6 is 15.9 Å². The van der Waals surface area contributed by atoms with Gasteiger partial charge in [-0.25, -0.2) is 9.38 Å². The molecule has 0 saturated carbocycles. The first-order valence-electron chi connectivity index (χ1n) is 5.86. The minimum absolute atomic E-state index is 0.260. The molecule has 0 unspecified atom stereocenters. The summed E-state index contributed by atoms with van der Waals surface area (Å²) in [6.45, 7) is 3.64. The van der Waals surface area contributed by atoms with Gasteiger partial charge in [0.05, 0.1) is 24.2 Å². The summed E-state index contributed by atoms with van der Waals surface area (Å²) in [5, 5.41) is 3.19. The van der Waals surface area contributed by atoms with Gasteiger partial charge in [0.1, 0.15) is 5.82 Å². The minimum atomic E-state index is -0.260. The van der Waals surface area contributed by atoms with Crippen molar-refractivity contribution >= 4 is 27.6 Å². The van der Waals surface area contributed by atoms with E-state index in [-0.39, 0.29) is 5.82 Å². The number of rotatable bonds is 0. The molecule has 1 N–H and O–H groups in total. The Labute approximate surface area is 113 Å². The maximum Gasteiger partial charge on any atom is 0.198 e. The molecule has 3 rings (SSSR count). The third-order valence-electron chi connectivity index (χ3n) is 3.10. The number of hydrogen-bond donors (Lipinski definition) is 1. The van der Waals surface area contributed by atoms with Crippen molar-refractivity contribution in [3.63, 3.8) is 0 Å². The van der Waals surface area contributed by atoms with Gasteiger partial charge in [-0.15, -0.1) is 0 Å². The molecule has 1 fully saturated rings. The number of anilines is 1. The van der Waals surface area contributed by atoms with E-state index >= 15 is 0 Å². The Morgan fingerprint density at radius 1 is 1.33 bits per heavy atom. The Hall–Kier alpha value is -1.14. The highest BCUT2D eigenvalue weighted by atomic mass is 79.9. The summed E-state index contributed by atoms with van der Waals surface area (Å²) in [6, 6.07) is 3.28. The van der Waals surface area contributed by atoms with Crippen molar-refractivity contribution in [2.75, 3.05) is 31.6 Å². The molecule has 0 amide bonds. The molecule has 1 aromatic carbocycles. The van der Waals surface area contributed by atoms with Gasteiger partial charge in [-0.05, 0) is 33.6 Å². The van der Waals surface area contributed by atoms with Gasteiger partial charge in [0.15, 0.2) is 5.96 Å². The summed E-state index contributed by atoms with van der Waals surface area (Å²) in [5.74, 6) is 0.553. The molecule has 0 aliphatic carbocycles. The second kappa shape index (κ2) is 4.85. The van der Waals surface area contributed by atoms with Gasteiger partial charge >= 0.3 is 0 Å². The van der Waals surface area contributed by atoms with E-state index in [1.165, 1.54) is 6.07 Å². The van der Waals surface area contributed by atoms with Crippen LogP contribution in [0.2, 0.25) is 0 Å². The van der Waals surface area contributed by atoms with E-state index < -0.39 is 0 Å². The molecule has 0 atom stereocenters. The lowest BCUT2D eigenvalue weighted by molar-refractivity contribution is 0.0678. The summed E-state index contributed by atoms with van der Waals surface area (Å²) < 4.78 is 19.3. The fourth-order valence-corrected chi connectivity index (χ4v) is 2.50. The molecule has 2 aliphatic rings. The van der Waals surface area contributed by atoms with Crippen LogP contribution in [0.15, 0.2) is 21.6 Å². The quantitative estimate of drug-likeness (QED) is 0.798. The normalized spacial score (nSPS) is 19.0. The van der Waals surface area contributed by atoms with Crippen molar-refractivity contribution in [1.82, 2.24) is 4.90 Å². The van der Waals surface area contributed by atoms with E-state index in [0.717, 1.165) is 30.3 Å². The number of halogens is 2. The third kappa shape index (κ3) is 2.22. The van der Waals surface area contributed by atoms with E-state index in [0.29, 0.717) is 24.2 Å². The summed E-state index contributed by atoms with van der Waals surface area (Å²) in [7, 11) is 0. The van der Waals surface area contributed by atoms with Crippen molar-refractivity contribution in [3.05, 3.63) is 28.0 Å². The van der Waals surface area contributed by atoms with Gasteiger partial charge in [0.2, 0.25) is 0 Å². The number of nitrogens with one attached hydrogen (secondary N) is 1. The monoisotopic (exact) mass is 313 g/mol. The van der Waals surface area contributed by atoms with E-state index in [1.54, 1.807) is 6.07 Å². The predicted octanol–water partition coefficient (Wildman–Crippen LogP) is 2.20. The topological polar surface area (TPSA) is 36.9 Å². The van der Waals surface area contributed by atoms with Crippen molar-refractivity contribution in [1.29, 1.82) is 0 Å². The maximum absolute atomic E-state index is 13.5. The van der Waals surface area contributed by atoms with E-state index in [2.05, 4.69) is 31.1 Å². The van der Waals surface area contributed by atoms with Crippen LogP contribution in [0, 0.1) is 5.82 Å². The molecular formula is C12H13BrFN3O. The number of hydrogen-bond acceptors (Lipinski definition) is 4. The highest BCUT2D eigenvalue weighted by molar-refractivity contribution is 9.10. The number of nitrogens with zero attached hydrogens (tertiary/aromatic N) is 2. The zero-order valence-corrected chi connectivity index (χ0v) is 11.3. The Balaban J connectivity index is 1.82. The third-order valence-corrected chi connectivity index (χ3v) is 3.71. The Kier molecular flexibility index (Phi) is 3.22. The first-order valence-corrected chi connectivity index (χ1v) is 6.65. The summed E-state index contributed by atoms with van der Waals surface area (Å²) in [5.41, 5.74) is 1.80. The van der Waals surface area contributed by atoms with Crippen molar-refractivity contribution in [2.45, 2.75) is 6.54 Å². The fourth-order valence-electron chi connectivity index (χ4n) is 2.11. The molecule has 0 bridgehead atoms.